The third kappa shape index (κ3) is 4.27. The number of carbonyl (C=O) groups excluding carboxylic acids is 1. The van der Waals surface area contributed by atoms with Crippen LogP contribution in [0.4, 0.5) is 0 Å². The molecule has 2 aromatic rings. The van der Waals surface area contributed by atoms with Gasteiger partial charge in [-0.25, -0.2) is 5.43 Å². The lowest BCUT2D eigenvalue weighted by Gasteiger charge is -1.98. The van der Waals surface area contributed by atoms with Crippen LogP contribution in [0.1, 0.15) is 12.0 Å². The largest absolute Gasteiger partial charge is 1.00 e. The number of hydrogen-bond donors (Lipinski definition) is 2. The Hall–Kier alpha value is -2.05. The quantitative estimate of drug-likeness (QED) is 0.454. The van der Waals surface area contributed by atoms with E-state index in [9.17, 15) is 4.79 Å². The van der Waals surface area contributed by atoms with Gasteiger partial charge in [-0.1, -0.05) is 6.07 Å². The molecule has 1 aromatic heterocycles. The summed E-state index contributed by atoms with van der Waals surface area (Å²) in [6, 6.07) is 5.59. The molecule has 0 saturated carbocycles. The van der Waals surface area contributed by atoms with Crippen LogP contribution in [0.5, 0.6) is 0 Å². The van der Waals surface area contributed by atoms with Crippen LogP contribution in [0.25, 0.3) is 11.0 Å². The summed E-state index contributed by atoms with van der Waals surface area (Å²) in [4.78, 5) is 19.5. The predicted octanol–water partition coefficient (Wildman–Crippen LogP) is -3.28. The fourth-order valence-corrected chi connectivity index (χ4v) is 1.46. The van der Waals surface area contributed by atoms with Crippen molar-refractivity contribution >= 4 is 23.2 Å². The second-order valence-electron chi connectivity index (χ2n) is 3.70. The highest BCUT2D eigenvalue weighted by Gasteiger charge is 1.98. The number of fused-ring (bicyclic) bond motifs is 1. The molecule has 0 aliphatic heterocycles. The number of amides is 1. The molecule has 0 aliphatic rings. The molecule has 100 valence electrons. The van der Waals surface area contributed by atoms with Crippen molar-refractivity contribution < 1.29 is 22.9 Å². The maximum atomic E-state index is 11.2. The summed E-state index contributed by atoms with van der Waals surface area (Å²) in [7, 11) is 0. The monoisotopic (exact) mass is 279 g/mol. The van der Waals surface area contributed by atoms with Crippen LogP contribution in [0.15, 0.2) is 35.7 Å². The SMILES string of the molecule is [Cl-].[NH3+]CCC(=O)NN=Cc1ccc2nccnc2c1. The molecule has 0 radical (unpaired) electrons. The Morgan fingerprint density at radius 2 is 2.05 bits per heavy atom. The van der Waals surface area contributed by atoms with Crippen molar-refractivity contribution in [1.82, 2.24) is 15.4 Å². The Morgan fingerprint density at radius 3 is 2.79 bits per heavy atom. The molecule has 7 heteroatoms. The minimum Gasteiger partial charge on any atom is -1.00 e. The van der Waals surface area contributed by atoms with Gasteiger partial charge in [-0.15, -0.1) is 0 Å². The predicted molar refractivity (Wildman–Crippen MR) is 67.6 cm³/mol. The summed E-state index contributed by atoms with van der Waals surface area (Å²) in [5.41, 5.74) is 8.52. The molecule has 19 heavy (non-hydrogen) atoms. The third-order valence-corrected chi connectivity index (χ3v) is 2.30. The van der Waals surface area contributed by atoms with Crippen LogP contribution in [0.2, 0.25) is 0 Å². The molecule has 0 saturated heterocycles. The van der Waals surface area contributed by atoms with E-state index in [1.54, 1.807) is 18.6 Å². The highest BCUT2D eigenvalue weighted by atomic mass is 35.5. The van der Waals surface area contributed by atoms with E-state index in [0.29, 0.717) is 13.0 Å². The topological polar surface area (TPSA) is 94.9 Å². The van der Waals surface area contributed by atoms with E-state index in [-0.39, 0.29) is 18.3 Å². The molecule has 0 atom stereocenters. The first kappa shape index (κ1) is 15.0. The summed E-state index contributed by atoms with van der Waals surface area (Å²) in [5.74, 6) is -0.137. The standard InChI is InChI=1S/C12H13N5O.ClH/c13-4-3-12(18)17-16-8-9-1-2-10-11(7-9)15-6-5-14-10;/h1-2,5-8H,3-4,13H2,(H,17,18);1H. The fraction of sp³-hybridized carbons (Fsp3) is 0.167. The van der Waals surface area contributed by atoms with Crippen molar-refractivity contribution in [2.24, 2.45) is 5.10 Å². The van der Waals surface area contributed by atoms with Gasteiger partial charge in [-0.05, 0) is 17.7 Å². The minimum atomic E-state index is -0.137. The first-order valence-corrected chi connectivity index (χ1v) is 5.61. The number of quaternary nitrogens is 1. The first-order chi connectivity index (χ1) is 8.79. The number of benzene rings is 1. The maximum Gasteiger partial charge on any atom is 0.245 e. The van der Waals surface area contributed by atoms with Crippen molar-refractivity contribution in [2.75, 3.05) is 6.54 Å². The van der Waals surface area contributed by atoms with E-state index < -0.39 is 0 Å². The van der Waals surface area contributed by atoms with Crippen LogP contribution in [0, 0.1) is 0 Å². The van der Waals surface area contributed by atoms with Crippen LogP contribution < -0.4 is 23.6 Å². The Labute approximate surface area is 116 Å². The van der Waals surface area contributed by atoms with Crippen LogP contribution >= 0.6 is 0 Å². The average molecular weight is 280 g/mol. The van der Waals surface area contributed by atoms with E-state index in [1.807, 2.05) is 18.2 Å². The molecule has 0 bridgehead atoms. The van der Waals surface area contributed by atoms with Crippen molar-refractivity contribution in [1.29, 1.82) is 0 Å². The van der Waals surface area contributed by atoms with E-state index in [2.05, 4.69) is 26.2 Å². The van der Waals surface area contributed by atoms with Gasteiger partial charge in [0.1, 0.15) is 0 Å². The Kier molecular flexibility index (Phi) is 5.84. The van der Waals surface area contributed by atoms with Gasteiger partial charge in [0.25, 0.3) is 0 Å². The molecular formula is C12H14ClN5O. The highest BCUT2D eigenvalue weighted by molar-refractivity contribution is 5.87. The number of hydrogen-bond acceptors (Lipinski definition) is 4. The van der Waals surface area contributed by atoms with Crippen molar-refractivity contribution in [3.05, 3.63) is 36.2 Å². The van der Waals surface area contributed by atoms with Gasteiger partial charge in [0.15, 0.2) is 0 Å². The lowest BCUT2D eigenvalue weighted by Crippen LogP contribution is -3.00. The highest BCUT2D eigenvalue weighted by Crippen LogP contribution is 2.08. The number of carbonyl (C=O) groups is 1. The van der Waals surface area contributed by atoms with Crippen molar-refractivity contribution in [2.45, 2.75) is 6.42 Å². The first-order valence-electron chi connectivity index (χ1n) is 5.61. The molecule has 0 aliphatic carbocycles. The summed E-state index contributed by atoms with van der Waals surface area (Å²) in [6.07, 6.45) is 5.24. The number of rotatable bonds is 4. The molecular weight excluding hydrogens is 266 g/mol. The molecule has 2 rings (SSSR count). The van der Waals surface area contributed by atoms with E-state index in [0.717, 1.165) is 16.6 Å². The minimum absolute atomic E-state index is 0. The zero-order chi connectivity index (χ0) is 12.8. The molecule has 0 fully saturated rings. The Bertz CT molecular complexity index is 587. The van der Waals surface area contributed by atoms with Crippen LogP contribution in [0.3, 0.4) is 0 Å². The van der Waals surface area contributed by atoms with Gasteiger partial charge < -0.3 is 18.1 Å². The maximum absolute atomic E-state index is 11.2. The molecule has 1 amide bonds. The number of nitrogens with zero attached hydrogens (tertiary/aromatic N) is 3. The smallest absolute Gasteiger partial charge is 0.245 e. The number of halogens is 1. The summed E-state index contributed by atoms with van der Waals surface area (Å²) >= 11 is 0. The van der Waals surface area contributed by atoms with Gasteiger partial charge in [-0.3, -0.25) is 14.8 Å². The van der Waals surface area contributed by atoms with Gasteiger partial charge >= 0.3 is 0 Å². The summed E-state index contributed by atoms with van der Waals surface area (Å²) < 4.78 is 0. The van der Waals surface area contributed by atoms with Gasteiger partial charge in [-0.2, -0.15) is 5.10 Å². The fourth-order valence-electron chi connectivity index (χ4n) is 1.46. The lowest BCUT2D eigenvalue weighted by molar-refractivity contribution is -0.366. The Balaban J connectivity index is 0.00000180. The van der Waals surface area contributed by atoms with Crippen molar-refractivity contribution in [3.63, 3.8) is 0 Å². The zero-order valence-electron chi connectivity index (χ0n) is 10.2. The van der Waals surface area contributed by atoms with E-state index in [1.165, 1.54) is 0 Å². The number of aromatic nitrogens is 2. The second-order valence-corrected chi connectivity index (χ2v) is 3.70. The third-order valence-electron chi connectivity index (χ3n) is 2.30. The van der Waals surface area contributed by atoms with Gasteiger partial charge in [0.05, 0.1) is 30.2 Å². The summed E-state index contributed by atoms with van der Waals surface area (Å²) in [5, 5.41) is 3.87. The van der Waals surface area contributed by atoms with Gasteiger partial charge in [0.2, 0.25) is 5.91 Å². The van der Waals surface area contributed by atoms with Crippen molar-refractivity contribution in [3.8, 4) is 0 Å². The number of nitrogens with one attached hydrogen (secondary N) is 1. The Morgan fingerprint density at radius 1 is 1.32 bits per heavy atom. The summed E-state index contributed by atoms with van der Waals surface area (Å²) in [6.45, 7) is 0.562. The van der Waals surface area contributed by atoms with E-state index in [4.69, 9.17) is 0 Å². The molecule has 0 unspecified atom stereocenters. The normalized spacial score (nSPS) is 10.4. The molecule has 6 nitrogen and oxygen atoms in total. The molecule has 0 spiro atoms. The lowest BCUT2D eigenvalue weighted by atomic mass is 10.2. The molecule has 1 heterocycles. The second kappa shape index (κ2) is 7.40. The molecule has 1 aromatic carbocycles. The van der Waals surface area contributed by atoms with Crippen LogP contribution in [-0.2, 0) is 4.79 Å². The molecule has 4 N–H and O–H groups in total. The van der Waals surface area contributed by atoms with E-state index >= 15 is 0 Å². The van der Waals surface area contributed by atoms with Crippen LogP contribution in [-0.4, -0.2) is 28.6 Å². The van der Waals surface area contributed by atoms with Gasteiger partial charge in [0, 0.05) is 12.4 Å². The number of hydrazone groups is 1. The zero-order valence-corrected chi connectivity index (χ0v) is 11.0. The average Bonchev–Trinajstić information content (AvgIpc) is 2.39.